The van der Waals surface area contributed by atoms with Gasteiger partial charge in [0.1, 0.15) is 12.1 Å². The van der Waals surface area contributed by atoms with Crippen molar-refractivity contribution in [3.63, 3.8) is 0 Å². The molecule has 3 N–H and O–H groups in total. The van der Waals surface area contributed by atoms with Crippen LogP contribution in [0.25, 0.3) is 0 Å². The van der Waals surface area contributed by atoms with Gasteiger partial charge in [-0.25, -0.2) is 4.79 Å². The van der Waals surface area contributed by atoms with Crippen LogP contribution in [0.15, 0.2) is 60.7 Å². The molecule has 6 nitrogen and oxygen atoms in total. The molecule has 0 fully saturated rings. The molecule has 6 heteroatoms. The number of carboxylic acid groups (broad SMARTS) is 1. The molecular weight excluding hydrogens is 356 g/mol. The van der Waals surface area contributed by atoms with Crippen LogP contribution in [0.2, 0.25) is 0 Å². The Kier molecular flexibility index (Phi) is 8.21. The summed E-state index contributed by atoms with van der Waals surface area (Å²) in [6.07, 6.45) is 1.46. The van der Waals surface area contributed by atoms with E-state index in [-0.39, 0.29) is 18.7 Å². The Bertz CT molecular complexity index is 778. The van der Waals surface area contributed by atoms with Crippen LogP contribution in [0.3, 0.4) is 0 Å². The summed E-state index contributed by atoms with van der Waals surface area (Å²) in [5.41, 5.74) is 1.67. The lowest BCUT2D eigenvalue weighted by Crippen LogP contribution is -2.52. The molecule has 2 aromatic rings. The molecule has 2 rings (SSSR count). The van der Waals surface area contributed by atoms with E-state index in [1.54, 1.807) is 0 Å². The zero-order chi connectivity index (χ0) is 20.4. The minimum atomic E-state index is -1.11. The van der Waals surface area contributed by atoms with E-state index in [0.29, 0.717) is 12.8 Å². The SMILES string of the molecule is CCCC(NC(=O)Cc1ccccc1)C(=O)NC(Cc1ccccc1)C(=O)O. The number of carboxylic acids is 1. The van der Waals surface area contributed by atoms with Gasteiger partial charge in [-0.05, 0) is 17.5 Å². The van der Waals surface area contributed by atoms with E-state index in [0.717, 1.165) is 11.1 Å². The summed E-state index contributed by atoms with van der Waals surface area (Å²) in [6.45, 7) is 1.91. The van der Waals surface area contributed by atoms with Crippen LogP contribution in [0.4, 0.5) is 0 Å². The third-order valence-corrected chi connectivity index (χ3v) is 4.33. The van der Waals surface area contributed by atoms with E-state index < -0.39 is 24.0 Å². The lowest BCUT2D eigenvalue weighted by molar-refractivity contribution is -0.142. The first-order valence-corrected chi connectivity index (χ1v) is 9.40. The molecule has 2 aromatic carbocycles. The van der Waals surface area contributed by atoms with Gasteiger partial charge in [-0.15, -0.1) is 0 Å². The van der Waals surface area contributed by atoms with Crippen molar-refractivity contribution in [2.75, 3.05) is 0 Å². The molecule has 0 aliphatic heterocycles. The number of amides is 2. The first-order chi connectivity index (χ1) is 13.5. The number of carbonyl (C=O) groups excluding carboxylic acids is 2. The minimum absolute atomic E-state index is 0.167. The molecule has 28 heavy (non-hydrogen) atoms. The van der Waals surface area contributed by atoms with E-state index in [4.69, 9.17) is 0 Å². The van der Waals surface area contributed by atoms with Crippen LogP contribution in [0.5, 0.6) is 0 Å². The van der Waals surface area contributed by atoms with E-state index in [1.165, 1.54) is 0 Å². The Morgan fingerprint density at radius 3 is 1.96 bits per heavy atom. The maximum Gasteiger partial charge on any atom is 0.326 e. The normalized spacial score (nSPS) is 12.6. The topological polar surface area (TPSA) is 95.5 Å². The molecule has 0 saturated heterocycles. The summed E-state index contributed by atoms with van der Waals surface area (Å²) in [4.78, 5) is 36.5. The lowest BCUT2D eigenvalue weighted by atomic mass is 10.0. The van der Waals surface area contributed by atoms with Gasteiger partial charge in [-0.3, -0.25) is 9.59 Å². The van der Waals surface area contributed by atoms with Crippen molar-refractivity contribution in [3.05, 3.63) is 71.8 Å². The second-order valence-electron chi connectivity index (χ2n) is 6.66. The number of hydrogen-bond donors (Lipinski definition) is 3. The monoisotopic (exact) mass is 382 g/mol. The molecule has 2 amide bonds. The van der Waals surface area contributed by atoms with Crippen LogP contribution >= 0.6 is 0 Å². The Balaban J connectivity index is 1.99. The van der Waals surface area contributed by atoms with Gasteiger partial charge in [0.15, 0.2) is 0 Å². The molecule has 148 valence electrons. The Morgan fingerprint density at radius 1 is 0.857 bits per heavy atom. The largest absolute Gasteiger partial charge is 0.480 e. The fourth-order valence-electron chi connectivity index (χ4n) is 2.91. The second kappa shape index (κ2) is 10.9. The molecule has 2 unspecified atom stereocenters. The molecule has 0 bridgehead atoms. The zero-order valence-electron chi connectivity index (χ0n) is 15.9. The van der Waals surface area contributed by atoms with E-state index in [2.05, 4.69) is 10.6 Å². The molecule has 0 saturated carbocycles. The third-order valence-electron chi connectivity index (χ3n) is 4.33. The number of hydrogen-bond acceptors (Lipinski definition) is 3. The number of nitrogens with one attached hydrogen (secondary N) is 2. The lowest BCUT2D eigenvalue weighted by Gasteiger charge is -2.21. The van der Waals surface area contributed by atoms with Gasteiger partial charge >= 0.3 is 5.97 Å². The van der Waals surface area contributed by atoms with Gasteiger partial charge in [0.2, 0.25) is 11.8 Å². The van der Waals surface area contributed by atoms with Crippen molar-refractivity contribution in [1.29, 1.82) is 0 Å². The van der Waals surface area contributed by atoms with Crippen molar-refractivity contribution < 1.29 is 19.5 Å². The highest BCUT2D eigenvalue weighted by Gasteiger charge is 2.26. The highest BCUT2D eigenvalue weighted by atomic mass is 16.4. The van der Waals surface area contributed by atoms with Gasteiger partial charge in [-0.1, -0.05) is 74.0 Å². The fourth-order valence-corrected chi connectivity index (χ4v) is 2.91. The van der Waals surface area contributed by atoms with Gasteiger partial charge in [-0.2, -0.15) is 0 Å². The quantitative estimate of drug-likeness (QED) is 0.588. The summed E-state index contributed by atoms with van der Waals surface area (Å²) in [6, 6.07) is 16.5. The van der Waals surface area contributed by atoms with E-state index in [9.17, 15) is 19.5 Å². The van der Waals surface area contributed by atoms with Crippen molar-refractivity contribution in [1.82, 2.24) is 10.6 Å². The number of aliphatic carboxylic acids is 1. The summed E-state index contributed by atoms with van der Waals surface area (Å²) >= 11 is 0. The van der Waals surface area contributed by atoms with Crippen LogP contribution in [-0.4, -0.2) is 35.0 Å². The molecule has 0 heterocycles. The van der Waals surface area contributed by atoms with Crippen LogP contribution < -0.4 is 10.6 Å². The molecule has 0 spiro atoms. The highest BCUT2D eigenvalue weighted by Crippen LogP contribution is 2.06. The average Bonchev–Trinajstić information content (AvgIpc) is 2.68. The van der Waals surface area contributed by atoms with Gasteiger partial charge in [0.25, 0.3) is 0 Å². The number of rotatable bonds is 10. The predicted molar refractivity (Wildman–Crippen MR) is 107 cm³/mol. The number of benzene rings is 2. The van der Waals surface area contributed by atoms with E-state index >= 15 is 0 Å². The van der Waals surface area contributed by atoms with Gasteiger partial charge in [0, 0.05) is 6.42 Å². The summed E-state index contributed by atoms with van der Waals surface area (Å²) in [7, 11) is 0. The predicted octanol–water partition coefficient (Wildman–Crippen LogP) is 2.33. The standard InChI is InChI=1S/C22H26N2O4/c1-2-9-18(23-20(25)15-17-12-7-4-8-13-17)21(26)24-19(22(27)28)14-16-10-5-3-6-11-16/h3-8,10-13,18-19H,2,9,14-15H2,1H3,(H,23,25)(H,24,26)(H,27,28). The highest BCUT2D eigenvalue weighted by molar-refractivity contribution is 5.91. The molecule has 0 aliphatic carbocycles. The maximum absolute atomic E-state index is 12.6. The summed E-state index contributed by atoms with van der Waals surface area (Å²) < 4.78 is 0. The van der Waals surface area contributed by atoms with Gasteiger partial charge in [0.05, 0.1) is 6.42 Å². The molecule has 0 radical (unpaired) electrons. The second-order valence-corrected chi connectivity index (χ2v) is 6.66. The maximum atomic E-state index is 12.6. The molecular formula is C22H26N2O4. The van der Waals surface area contributed by atoms with E-state index in [1.807, 2.05) is 67.6 Å². The Labute approximate surface area is 165 Å². The zero-order valence-corrected chi connectivity index (χ0v) is 15.9. The van der Waals surface area contributed by atoms with Crippen molar-refractivity contribution >= 4 is 17.8 Å². The Hall–Kier alpha value is -3.15. The molecule has 2 atom stereocenters. The van der Waals surface area contributed by atoms with Crippen LogP contribution in [-0.2, 0) is 27.2 Å². The summed E-state index contributed by atoms with van der Waals surface area (Å²) in [5, 5.41) is 14.8. The summed E-state index contributed by atoms with van der Waals surface area (Å²) in [5.74, 6) is -1.86. The first-order valence-electron chi connectivity index (χ1n) is 9.40. The molecule has 0 aromatic heterocycles. The Morgan fingerprint density at radius 2 is 1.43 bits per heavy atom. The van der Waals surface area contributed by atoms with Crippen LogP contribution in [0, 0.1) is 0 Å². The van der Waals surface area contributed by atoms with Crippen molar-refractivity contribution in [3.8, 4) is 0 Å². The van der Waals surface area contributed by atoms with Crippen molar-refractivity contribution in [2.24, 2.45) is 0 Å². The smallest absolute Gasteiger partial charge is 0.326 e. The first kappa shape index (κ1) is 21.2. The van der Waals surface area contributed by atoms with Crippen molar-refractivity contribution in [2.45, 2.75) is 44.7 Å². The fraction of sp³-hybridized carbons (Fsp3) is 0.318. The van der Waals surface area contributed by atoms with Crippen LogP contribution in [0.1, 0.15) is 30.9 Å². The third kappa shape index (κ3) is 6.87. The van der Waals surface area contributed by atoms with Gasteiger partial charge < -0.3 is 15.7 Å². The number of carbonyl (C=O) groups is 3. The average molecular weight is 382 g/mol. The minimum Gasteiger partial charge on any atom is -0.480 e. The molecule has 0 aliphatic rings.